The lowest BCUT2D eigenvalue weighted by Gasteiger charge is -2.10. The van der Waals surface area contributed by atoms with Gasteiger partial charge >= 0.3 is 11.9 Å². The third kappa shape index (κ3) is 6.32. The Labute approximate surface area is 166 Å². The second kappa shape index (κ2) is 10.0. The molecule has 0 aliphatic heterocycles. The molecule has 5 nitrogen and oxygen atoms in total. The van der Waals surface area contributed by atoms with Gasteiger partial charge < -0.3 is 9.47 Å². The minimum absolute atomic E-state index is 0.304. The molecule has 0 unspecified atom stereocenters. The number of carbonyl (C=O) groups is 2. The molecule has 0 radical (unpaired) electrons. The Kier molecular flexibility index (Phi) is 7.72. The zero-order chi connectivity index (χ0) is 19.8. The summed E-state index contributed by atoms with van der Waals surface area (Å²) in [6.45, 7) is 10.3. The van der Waals surface area contributed by atoms with E-state index >= 15 is 0 Å². The van der Waals surface area contributed by atoms with E-state index in [1.807, 2.05) is 0 Å². The minimum atomic E-state index is -0.507. The number of esters is 2. The van der Waals surface area contributed by atoms with E-state index < -0.39 is 11.9 Å². The smallest absolute Gasteiger partial charge is 0.338 e. The van der Waals surface area contributed by atoms with E-state index in [-0.39, 0.29) is 0 Å². The van der Waals surface area contributed by atoms with Gasteiger partial charge in [0, 0.05) is 35.2 Å². The van der Waals surface area contributed by atoms with Crippen LogP contribution in [-0.2, 0) is 13.2 Å². The molecule has 0 amide bonds. The summed E-state index contributed by atoms with van der Waals surface area (Å²) in [6, 6.07) is 14.0. The number of benzene rings is 2. The highest BCUT2D eigenvalue weighted by Gasteiger charge is 2.13. The van der Waals surface area contributed by atoms with E-state index in [1.54, 1.807) is 62.4 Å². The van der Waals surface area contributed by atoms with Crippen molar-refractivity contribution in [3.8, 4) is 11.5 Å². The van der Waals surface area contributed by atoms with Crippen molar-refractivity contribution in [1.82, 2.24) is 0 Å². The van der Waals surface area contributed by atoms with Crippen LogP contribution in [0.15, 0.2) is 82.6 Å². The molecule has 0 saturated heterocycles. The molecule has 0 aliphatic rings. The number of hydrogen-bond donors (Lipinski definition) is 0. The third-order valence-electron chi connectivity index (χ3n) is 3.05. The first-order valence-electron chi connectivity index (χ1n) is 7.83. The molecule has 0 spiro atoms. The summed E-state index contributed by atoms with van der Waals surface area (Å²) in [6.07, 6.45) is 0. The number of rotatable bonds is 8. The Hall–Kier alpha value is -2.48. The molecule has 27 heavy (non-hydrogen) atoms. The van der Waals surface area contributed by atoms with Crippen molar-refractivity contribution in [1.29, 1.82) is 0 Å². The van der Waals surface area contributed by atoms with E-state index in [0.29, 0.717) is 32.4 Å². The van der Waals surface area contributed by atoms with Gasteiger partial charge in [0.2, 0.25) is 0 Å². The van der Waals surface area contributed by atoms with Gasteiger partial charge in [0.15, 0.2) is 0 Å². The summed E-state index contributed by atoms with van der Waals surface area (Å²) in [5.74, 6) is -0.267. The van der Waals surface area contributed by atoms with E-state index in [4.69, 9.17) is 13.1 Å². The van der Waals surface area contributed by atoms with Crippen molar-refractivity contribution in [3.05, 3.63) is 72.8 Å². The van der Waals surface area contributed by atoms with Gasteiger partial charge in [0.25, 0.3) is 0 Å². The highest BCUT2D eigenvalue weighted by Crippen LogP contribution is 2.38. The summed E-state index contributed by atoms with van der Waals surface area (Å²) in [7, 11) is 0. The van der Waals surface area contributed by atoms with Gasteiger partial charge in [-0.3, -0.25) is 0 Å². The van der Waals surface area contributed by atoms with Crippen LogP contribution in [0.3, 0.4) is 0 Å². The molecule has 2 aromatic rings. The molecular formula is C20H18O5S2. The zero-order valence-corrected chi connectivity index (χ0v) is 16.5. The molecule has 0 saturated carbocycles. The van der Waals surface area contributed by atoms with Gasteiger partial charge in [-0.2, -0.15) is 0 Å². The SMILES string of the molecule is C=C(C)C(=O)Oc1ccccc1SOSc1ccccc1OC(=O)C(=C)C. The van der Waals surface area contributed by atoms with Crippen molar-refractivity contribution in [2.75, 3.05) is 0 Å². The van der Waals surface area contributed by atoms with Crippen LogP contribution < -0.4 is 9.47 Å². The van der Waals surface area contributed by atoms with Crippen LogP contribution in [0.25, 0.3) is 0 Å². The maximum absolute atomic E-state index is 11.7. The normalized spacial score (nSPS) is 10.1. The van der Waals surface area contributed by atoms with Gasteiger partial charge in [-0.25, -0.2) is 13.2 Å². The molecule has 140 valence electrons. The maximum Gasteiger partial charge on any atom is 0.338 e. The highest BCUT2D eigenvalue weighted by atomic mass is 32.2. The van der Waals surface area contributed by atoms with E-state index in [0.717, 1.165) is 24.1 Å². The fourth-order valence-electron chi connectivity index (χ4n) is 1.67. The maximum atomic E-state index is 11.7. The van der Waals surface area contributed by atoms with Gasteiger partial charge in [0.05, 0.1) is 9.79 Å². The largest absolute Gasteiger partial charge is 0.422 e. The third-order valence-corrected chi connectivity index (χ3v) is 4.63. The molecule has 0 N–H and O–H groups in total. The van der Waals surface area contributed by atoms with Crippen molar-refractivity contribution >= 4 is 36.0 Å². The average molecular weight is 402 g/mol. The van der Waals surface area contributed by atoms with Crippen molar-refractivity contribution < 1.29 is 22.7 Å². The second-order valence-corrected chi connectivity index (χ2v) is 7.23. The van der Waals surface area contributed by atoms with Crippen molar-refractivity contribution in [2.45, 2.75) is 23.6 Å². The Morgan fingerprint density at radius 2 is 1.11 bits per heavy atom. The van der Waals surface area contributed by atoms with Gasteiger partial charge in [-0.1, -0.05) is 37.4 Å². The molecule has 0 heterocycles. The first-order chi connectivity index (χ1) is 12.9. The van der Waals surface area contributed by atoms with Crippen LogP contribution >= 0.6 is 24.1 Å². The minimum Gasteiger partial charge on any atom is -0.422 e. The number of hydrogen-bond acceptors (Lipinski definition) is 7. The topological polar surface area (TPSA) is 61.8 Å². The van der Waals surface area contributed by atoms with E-state index in [1.165, 1.54) is 0 Å². The predicted octanol–water partition coefficient (Wildman–Crippen LogP) is 5.38. The van der Waals surface area contributed by atoms with Crippen LogP contribution in [0.2, 0.25) is 0 Å². The molecule has 0 atom stereocenters. The first kappa shape index (κ1) is 20.8. The molecule has 2 rings (SSSR count). The van der Waals surface area contributed by atoms with Crippen molar-refractivity contribution in [3.63, 3.8) is 0 Å². The molecule has 0 aromatic heterocycles. The summed E-state index contributed by atoms with van der Waals surface area (Å²) in [5, 5.41) is 0. The lowest BCUT2D eigenvalue weighted by molar-refractivity contribution is -0.131. The monoisotopic (exact) mass is 402 g/mol. The van der Waals surface area contributed by atoms with E-state index in [2.05, 4.69) is 13.2 Å². The van der Waals surface area contributed by atoms with Crippen LogP contribution in [0.4, 0.5) is 0 Å². The number of carbonyl (C=O) groups excluding carboxylic acids is 2. The predicted molar refractivity (Wildman–Crippen MR) is 107 cm³/mol. The fraction of sp³-hybridized carbons (Fsp3) is 0.100. The lowest BCUT2D eigenvalue weighted by Crippen LogP contribution is -2.08. The molecule has 0 bridgehead atoms. The molecule has 2 aromatic carbocycles. The van der Waals surface area contributed by atoms with Crippen LogP contribution in [0.1, 0.15) is 13.8 Å². The Balaban J connectivity index is 2.03. The standard InChI is InChI=1S/C20H18O5S2/c1-13(2)19(21)23-15-9-5-7-11-17(15)26-25-27-18-12-8-6-10-16(18)24-20(22)14(3)4/h5-12H,1,3H2,2,4H3. The Morgan fingerprint density at radius 1 is 0.741 bits per heavy atom. The molecule has 0 fully saturated rings. The van der Waals surface area contributed by atoms with Gasteiger partial charge in [-0.15, -0.1) is 0 Å². The van der Waals surface area contributed by atoms with E-state index in [9.17, 15) is 9.59 Å². The molecule has 7 heteroatoms. The van der Waals surface area contributed by atoms with Gasteiger partial charge in [0.1, 0.15) is 11.5 Å². The van der Waals surface area contributed by atoms with Gasteiger partial charge in [-0.05, 0) is 38.1 Å². The Morgan fingerprint density at radius 3 is 1.48 bits per heavy atom. The summed E-state index contributed by atoms with van der Waals surface area (Å²) in [5.41, 5.74) is 0.608. The Bertz CT molecular complexity index is 805. The zero-order valence-electron chi connectivity index (χ0n) is 14.9. The summed E-state index contributed by atoms with van der Waals surface area (Å²) < 4.78 is 16.1. The fourth-order valence-corrected chi connectivity index (χ4v) is 3.05. The quantitative estimate of drug-likeness (QED) is 0.254. The van der Waals surface area contributed by atoms with Crippen molar-refractivity contribution in [2.24, 2.45) is 0 Å². The highest BCUT2D eigenvalue weighted by molar-refractivity contribution is 8.08. The van der Waals surface area contributed by atoms with Crippen LogP contribution in [0.5, 0.6) is 11.5 Å². The summed E-state index contributed by atoms with van der Waals surface area (Å²) >= 11 is 2.06. The molecular weight excluding hydrogens is 384 g/mol. The molecule has 0 aliphatic carbocycles. The second-order valence-electron chi connectivity index (χ2n) is 5.47. The number of para-hydroxylation sites is 2. The average Bonchev–Trinajstić information content (AvgIpc) is 2.64. The summed E-state index contributed by atoms with van der Waals surface area (Å²) in [4.78, 5) is 24.7. The van der Waals surface area contributed by atoms with Crippen LogP contribution in [-0.4, -0.2) is 11.9 Å². The first-order valence-corrected chi connectivity index (χ1v) is 9.31. The lowest BCUT2D eigenvalue weighted by atomic mass is 10.3. The van der Waals surface area contributed by atoms with Crippen LogP contribution in [0, 0.1) is 0 Å². The number of ether oxygens (including phenoxy) is 2.